The molecule has 29 heavy (non-hydrogen) atoms. The van der Waals surface area contributed by atoms with Crippen molar-refractivity contribution in [2.75, 3.05) is 26.2 Å². The molecule has 0 bridgehead atoms. The zero-order chi connectivity index (χ0) is 20.4. The highest BCUT2D eigenvalue weighted by Crippen LogP contribution is 2.25. The topological polar surface area (TPSA) is 83.5 Å². The van der Waals surface area contributed by atoms with Gasteiger partial charge in [-0.25, -0.2) is 8.42 Å². The van der Waals surface area contributed by atoms with Crippen LogP contribution in [0.25, 0.3) is 17.1 Å². The average molecular weight is 493 g/mol. The third-order valence-electron chi connectivity index (χ3n) is 4.73. The van der Waals surface area contributed by atoms with Crippen molar-refractivity contribution >= 4 is 60.7 Å². The summed E-state index contributed by atoms with van der Waals surface area (Å²) in [6.45, 7) is 1.16. The zero-order valence-corrected chi connectivity index (χ0v) is 18.5. The Morgan fingerprint density at radius 2 is 1.79 bits per heavy atom. The molecule has 7 nitrogen and oxygen atoms in total. The van der Waals surface area contributed by atoms with Crippen molar-refractivity contribution < 1.29 is 13.2 Å². The molecule has 1 amide bonds. The molecule has 2 heterocycles. The van der Waals surface area contributed by atoms with Crippen LogP contribution in [0.15, 0.2) is 57.9 Å². The highest BCUT2D eigenvalue weighted by atomic mass is 79.9. The third kappa shape index (κ3) is 4.11. The average Bonchev–Trinajstić information content (AvgIpc) is 3.22. The highest BCUT2D eigenvalue weighted by Gasteiger charge is 2.31. The number of halogens is 1. The fourth-order valence-electron chi connectivity index (χ4n) is 3.15. The number of amides is 1. The van der Waals surface area contributed by atoms with Gasteiger partial charge >= 0.3 is 0 Å². The molecule has 0 radical (unpaired) electrons. The first-order valence-corrected chi connectivity index (χ1v) is 11.9. The second-order valence-corrected chi connectivity index (χ2v) is 9.76. The number of carbonyl (C=O) groups is 1. The molecular formula is C19H17BrN4O3S2. The van der Waals surface area contributed by atoms with Crippen LogP contribution in [0.2, 0.25) is 0 Å². The SMILES string of the molecule is O=C(/C=C/c1ccccc1Br)N1CCN(S(=O)(=O)c2cccc3nsnc23)CC1. The van der Waals surface area contributed by atoms with Crippen molar-refractivity contribution in [2.24, 2.45) is 0 Å². The van der Waals surface area contributed by atoms with E-state index < -0.39 is 10.0 Å². The number of fused-ring (bicyclic) bond motifs is 1. The summed E-state index contributed by atoms with van der Waals surface area (Å²) in [5.41, 5.74) is 1.88. The van der Waals surface area contributed by atoms with E-state index in [1.165, 1.54) is 10.4 Å². The van der Waals surface area contributed by atoms with Gasteiger partial charge in [0.2, 0.25) is 15.9 Å². The van der Waals surface area contributed by atoms with Gasteiger partial charge in [-0.15, -0.1) is 0 Å². The summed E-state index contributed by atoms with van der Waals surface area (Å²) < 4.78 is 36.7. The van der Waals surface area contributed by atoms with Gasteiger partial charge in [-0.05, 0) is 29.8 Å². The van der Waals surface area contributed by atoms with Crippen LogP contribution in [-0.4, -0.2) is 58.5 Å². The van der Waals surface area contributed by atoms with Crippen LogP contribution in [0, 0.1) is 0 Å². The molecule has 1 aliphatic rings. The van der Waals surface area contributed by atoms with Crippen LogP contribution < -0.4 is 0 Å². The van der Waals surface area contributed by atoms with E-state index in [0.717, 1.165) is 21.8 Å². The van der Waals surface area contributed by atoms with Crippen LogP contribution >= 0.6 is 27.7 Å². The first-order chi connectivity index (χ1) is 14.0. The van der Waals surface area contributed by atoms with E-state index in [-0.39, 0.29) is 23.9 Å². The standard InChI is InChI=1S/C19H17BrN4O3S2/c20-15-5-2-1-4-14(15)8-9-18(25)23-10-12-24(13-11-23)29(26,27)17-7-3-6-16-19(17)22-28-21-16/h1-9H,10-13H2/b9-8+. The Balaban J connectivity index is 1.44. The van der Waals surface area contributed by atoms with E-state index in [1.807, 2.05) is 24.3 Å². The number of nitrogens with zero attached hydrogens (tertiary/aromatic N) is 4. The molecule has 2 aromatic carbocycles. The minimum atomic E-state index is -3.69. The van der Waals surface area contributed by atoms with Gasteiger partial charge in [-0.2, -0.15) is 13.1 Å². The van der Waals surface area contributed by atoms with E-state index in [9.17, 15) is 13.2 Å². The van der Waals surface area contributed by atoms with E-state index in [4.69, 9.17) is 0 Å². The van der Waals surface area contributed by atoms with E-state index in [2.05, 4.69) is 24.7 Å². The van der Waals surface area contributed by atoms with E-state index in [0.29, 0.717) is 24.1 Å². The molecule has 4 rings (SSSR count). The van der Waals surface area contributed by atoms with Gasteiger partial charge in [-0.1, -0.05) is 40.2 Å². The Kier molecular flexibility index (Phi) is 5.77. The lowest BCUT2D eigenvalue weighted by Crippen LogP contribution is -2.50. The van der Waals surface area contributed by atoms with Gasteiger partial charge in [0.15, 0.2) is 0 Å². The zero-order valence-electron chi connectivity index (χ0n) is 15.2. The van der Waals surface area contributed by atoms with Gasteiger partial charge < -0.3 is 4.90 Å². The maximum absolute atomic E-state index is 13.1. The number of carbonyl (C=O) groups excluding carboxylic acids is 1. The number of hydrogen-bond donors (Lipinski definition) is 0. The Hall–Kier alpha value is -2.14. The van der Waals surface area contributed by atoms with Gasteiger partial charge in [0.05, 0.1) is 11.7 Å². The number of piperazine rings is 1. The van der Waals surface area contributed by atoms with Gasteiger partial charge in [-0.3, -0.25) is 4.79 Å². The highest BCUT2D eigenvalue weighted by molar-refractivity contribution is 9.10. The van der Waals surface area contributed by atoms with Crippen molar-refractivity contribution in [3.63, 3.8) is 0 Å². The summed E-state index contributed by atoms with van der Waals surface area (Å²) in [5.74, 6) is -0.136. The second kappa shape index (κ2) is 8.31. The van der Waals surface area contributed by atoms with Crippen molar-refractivity contribution in [2.45, 2.75) is 4.90 Å². The van der Waals surface area contributed by atoms with Gasteiger partial charge in [0, 0.05) is 36.7 Å². The monoisotopic (exact) mass is 492 g/mol. The summed E-state index contributed by atoms with van der Waals surface area (Å²) in [6.07, 6.45) is 3.28. The summed E-state index contributed by atoms with van der Waals surface area (Å²) in [7, 11) is -3.69. The summed E-state index contributed by atoms with van der Waals surface area (Å²) in [5, 5.41) is 0. The van der Waals surface area contributed by atoms with E-state index in [1.54, 1.807) is 29.2 Å². The normalized spacial score (nSPS) is 16.0. The maximum Gasteiger partial charge on any atom is 0.246 e. The third-order valence-corrected chi connectivity index (χ3v) is 7.92. The molecule has 0 spiro atoms. The lowest BCUT2D eigenvalue weighted by atomic mass is 10.2. The Bertz CT molecular complexity index is 1180. The fraction of sp³-hybridized carbons (Fsp3) is 0.211. The molecule has 1 aliphatic heterocycles. The summed E-state index contributed by atoms with van der Waals surface area (Å²) in [6, 6.07) is 12.6. The van der Waals surface area contributed by atoms with Crippen molar-refractivity contribution in [3.05, 3.63) is 58.6 Å². The Morgan fingerprint density at radius 3 is 2.55 bits per heavy atom. The smallest absolute Gasteiger partial charge is 0.246 e. The lowest BCUT2D eigenvalue weighted by Gasteiger charge is -2.33. The fourth-order valence-corrected chi connectivity index (χ4v) is 5.75. The molecule has 0 aliphatic carbocycles. The molecule has 1 fully saturated rings. The lowest BCUT2D eigenvalue weighted by molar-refractivity contribution is -0.127. The van der Waals surface area contributed by atoms with Crippen LogP contribution in [0.4, 0.5) is 0 Å². The number of hydrogen-bond acceptors (Lipinski definition) is 6. The van der Waals surface area contributed by atoms with Crippen molar-refractivity contribution in [3.8, 4) is 0 Å². The number of sulfonamides is 1. The Morgan fingerprint density at radius 1 is 1.03 bits per heavy atom. The minimum absolute atomic E-state index is 0.136. The quantitative estimate of drug-likeness (QED) is 0.522. The number of rotatable bonds is 4. The van der Waals surface area contributed by atoms with Gasteiger partial charge in [0.1, 0.15) is 15.9 Å². The molecule has 0 N–H and O–H groups in total. The molecule has 10 heteroatoms. The minimum Gasteiger partial charge on any atom is -0.337 e. The summed E-state index contributed by atoms with van der Waals surface area (Å²) in [4.78, 5) is 14.3. The molecule has 150 valence electrons. The second-order valence-electron chi connectivity index (χ2n) is 6.47. The number of benzene rings is 2. The first-order valence-electron chi connectivity index (χ1n) is 8.90. The van der Waals surface area contributed by atoms with Crippen LogP contribution in [0.1, 0.15) is 5.56 Å². The van der Waals surface area contributed by atoms with E-state index >= 15 is 0 Å². The number of aromatic nitrogens is 2. The molecule has 0 atom stereocenters. The van der Waals surface area contributed by atoms with Crippen molar-refractivity contribution in [1.29, 1.82) is 0 Å². The molecule has 1 aromatic heterocycles. The molecule has 0 unspecified atom stereocenters. The van der Waals surface area contributed by atoms with Crippen LogP contribution in [-0.2, 0) is 14.8 Å². The van der Waals surface area contributed by atoms with Gasteiger partial charge in [0.25, 0.3) is 0 Å². The van der Waals surface area contributed by atoms with Crippen LogP contribution in [0.3, 0.4) is 0 Å². The Labute approximate surface area is 181 Å². The molecule has 3 aromatic rings. The maximum atomic E-state index is 13.1. The summed E-state index contributed by atoms with van der Waals surface area (Å²) >= 11 is 4.44. The molecule has 1 saturated heterocycles. The largest absolute Gasteiger partial charge is 0.337 e. The molecular weight excluding hydrogens is 476 g/mol. The van der Waals surface area contributed by atoms with Crippen molar-refractivity contribution in [1.82, 2.24) is 18.0 Å². The first kappa shape index (κ1) is 20.1. The van der Waals surface area contributed by atoms with Crippen LogP contribution in [0.5, 0.6) is 0 Å². The molecule has 0 saturated carbocycles. The predicted octanol–water partition coefficient (Wildman–Crippen LogP) is 3.00. The predicted molar refractivity (Wildman–Crippen MR) is 116 cm³/mol.